The number of carbonyl (C=O) groups excluding carboxylic acids is 1. The van der Waals surface area contributed by atoms with Crippen LogP contribution >= 0.6 is 11.3 Å². The second kappa shape index (κ2) is 6.53. The summed E-state index contributed by atoms with van der Waals surface area (Å²) in [4.78, 5) is 15.4. The van der Waals surface area contributed by atoms with Gasteiger partial charge < -0.3 is 10.6 Å². The maximum Gasteiger partial charge on any atom is 0.233 e. The van der Waals surface area contributed by atoms with Crippen LogP contribution in [-0.4, -0.2) is 30.5 Å². The van der Waals surface area contributed by atoms with Crippen LogP contribution in [0, 0.1) is 6.92 Å². The first-order valence-corrected chi connectivity index (χ1v) is 5.98. The van der Waals surface area contributed by atoms with E-state index in [1.165, 1.54) is 0 Å². The molecule has 15 heavy (non-hydrogen) atoms. The molecule has 0 saturated heterocycles. The molecule has 0 aliphatic rings. The van der Waals surface area contributed by atoms with Crippen LogP contribution in [0.2, 0.25) is 0 Å². The lowest BCUT2D eigenvalue weighted by Crippen LogP contribution is -2.34. The second-order valence-electron chi connectivity index (χ2n) is 3.24. The van der Waals surface area contributed by atoms with Crippen molar-refractivity contribution in [3.8, 4) is 0 Å². The zero-order valence-electron chi connectivity index (χ0n) is 9.17. The van der Waals surface area contributed by atoms with Crippen molar-refractivity contribution < 1.29 is 4.79 Å². The zero-order chi connectivity index (χ0) is 11.1. The van der Waals surface area contributed by atoms with E-state index in [1.807, 2.05) is 13.8 Å². The Balaban J connectivity index is 2.09. The number of nitrogens with one attached hydrogen (secondary N) is 2. The fraction of sp³-hybridized carbons (Fsp3) is 0.600. The number of aromatic nitrogens is 1. The molecule has 1 rings (SSSR count). The Morgan fingerprint density at radius 3 is 3.00 bits per heavy atom. The Kier molecular flexibility index (Phi) is 5.28. The van der Waals surface area contributed by atoms with E-state index in [9.17, 15) is 4.79 Å². The highest BCUT2D eigenvalue weighted by atomic mass is 32.1. The summed E-state index contributed by atoms with van der Waals surface area (Å²) in [6.07, 6.45) is 0.879. The smallest absolute Gasteiger partial charge is 0.233 e. The van der Waals surface area contributed by atoms with Crippen molar-refractivity contribution >= 4 is 17.2 Å². The largest absolute Gasteiger partial charge is 0.355 e. The van der Waals surface area contributed by atoms with E-state index >= 15 is 0 Å². The Labute approximate surface area is 94.1 Å². The number of hydrogen-bond donors (Lipinski definition) is 2. The van der Waals surface area contributed by atoms with Crippen LogP contribution in [-0.2, 0) is 11.2 Å². The average Bonchev–Trinajstić information content (AvgIpc) is 2.60. The zero-order valence-corrected chi connectivity index (χ0v) is 9.99. The van der Waals surface area contributed by atoms with Gasteiger partial charge in [0.05, 0.1) is 17.2 Å². The van der Waals surface area contributed by atoms with Crippen molar-refractivity contribution in [2.45, 2.75) is 20.3 Å². The monoisotopic (exact) mass is 227 g/mol. The summed E-state index contributed by atoms with van der Waals surface area (Å²) in [7, 11) is 0. The van der Waals surface area contributed by atoms with Crippen LogP contribution in [0.1, 0.15) is 17.6 Å². The quantitative estimate of drug-likeness (QED) is 0.704. The van der Waals surface area contributed by atoms with Gasteiger partial charge in [-0.2, -0.15) is 0 Å². The topological polar surface area (TPSA) is 54.0 Å². The van der Waals surface area contributed by atoms with Gasteiger partial charge in [0.15, 0.2) is 0 Å². The molecule has 1 aromatic rings. The molecule has 0 fully saturated rings. The van der Waals surface area contributed by atoms with Gasteiger partial charge in [-0.1, -0.05) is 0 Å². The van der Waals surface area contributed by atoms with Gasteiger partial charge in [-0.05, 0) is 13.8 Å². The van der Waals surface area contributed by atoms with E-state index in [1.54, 1.807) is 11.3 Å². The van der Waals surface area contributed by atoms with Gasteiger partial charge in [-0.3, -0.25) is 4.79 Å². The molecule has 0 atom stereocenters. The molecule has 0 saturated carbocycles. The lowest BCUT2D eigenvalue weighted by atomic mass is 10.3. The third kappa shape index (κ3) is 4.90. The molecule has 0 radical (unpaired) electrons. The first kappa shape index (κ1) is 12.1. The first-order chi connectivity index (χ1) is 7.22. The van der Waals surface area contributed by atoms with Gasteiger partial charge in [-0.25, -0.2) is 4.98 Å². The summed E-state index contributed by atoms with van der Waals surface area (Å²) >= 11 is 1.66. The Bertz CT molecular complexity index is 311. The maximum absolute atomic E-state index is 11.1. The number of likely N-dealkylation sites (N-methyl/N-ethyl adjacent to an activating group) is 1. The fourth-order valence-corrected chi connectivity index (χ4v) is 1.85. The van der Waals surface area contributed by atoms with E-state index in [4.69, 9.17) is 0 Å². The normalized spacial score (nSPS) is 10.3. The Hall–Kier alpha value is -0.940. The average molecular weight is 227 g/mol. The van der Waals surface area contributed by atoms with Gasteiger partial charge in [-0.15, -0.1) is 11.3 Å². The standard InChI is InChI=1S/C10H17N3OS/c1-3-12-10(14)6-11-5-4-9-7-15-8(2)13-9/h7,11H,3-6H2,1-2H3,(H,12,14). The van der Waals surface area contributed by atoms with E-state index in [0.29, 0.717) is 13.1 Å². The number of aryl methyl sites for hydroxylation is 1. The molecule has 0 spiro atoms. The van der Waals surface area contributed by atoms with Crippen molar-refractivity contribution in [3.05, 3.63) is 16.1 Å². The fourth-order valence-electron chi connectivity index (χ4n) is 1.20. The van der Waals surface area contributed by atoms with Gasteiger partial charge >= 0.3 is 0 Å². The van der Waals surface area contributed by atoms with Crippen LogP contribution in [0.15, 0.2) is 5.38 Å². The minimum Gasteiger partial charge on any atom is -0.355 e. The lowest BCUT2D eigenvalue weighted by Gasteiger charge is -2.03. The van der Waals surface area contributed by atoms with Gasteiger partial charge in [0.1, 0.15) is 0 Å². The van der Waals surface area contributed by atoms with Crippen LogP contribution in [0.25, 0.3) is 0 Å². The maximum atomic E-state index is 11.1. The van der Waals surface area contributed by atoms with E-state index < -0.39 is 0 Å². The van der Waals surface area contributed by atoms with Crippen LogP contribution in [0.3, 0.4) is 0 Å². The van der Waals surface area contributed by atoms with Crippen LogP contribution in [0.4, 0.5) is 0 Å². The molecule has 0 unspecified atom stereocenters. The van der Waals surface area contributed by atoms with Gasteiger partial charge in [0.25, 0.3) is 0 Å². The molecule has 1 heterocycles. The molecular formula is C10H17N3OS. The molecule has 0 aliphatic carbocycles. The SMILES string of the molecule is CCNC(=O)CNCCc1csc(C)n1. The first-order valence-electron chi connectivity index (χ1n) is 5.10. The highest BCUT2D eigenvalue weighted by molar-refractivity contribution is 7.09. The highest BCUT2D eigenvalue weighted by Crippen LogP contribution is 2.07. The minimum atomic E-state index is 0.0481. The molecule has 84 valence electrons. The molecule has 4 nitrogen and oxygen atoms in total. The third-order valence-corrected chi connectivity index (χ3v) is 2.71. The van der Waals surface area contributed by atoms with Crippen LogP contribution < -0.4 is 10.6 Å². The number of carbonyl (C=O) groups is 1. The Morgan fingerprint density at radius 1 is 1.60 bits per heavy atom. The summed E-state index contributed by atoms with van der Waals surface area (Å²) in [5.41, 5.74) is 1.10. The molecule has 5 heteroatoms. The van der Waals surface area contributed by atoms with Crippen molar-refractivity contribution in [1.82, 2.24) is 15.6 Å². The Morgan fingerprint density at radius 2 is 2.40 bits per heavy atom. The van der Waals surface area contributed by atoms with Gasteiger partial charge in [0, 0.05) is 24.9 Å². The van der Waals surface area contributed by atoms with E-state index in [-0.39, 0.29) is 5.91 Å². The summed E-state index contributed by atoms with van der Waals surface area (Å²) in [5.74, 6) is 0.0481. The van der Waals surface area contributed by atoms with Crippen LogP contribution in [0.5, 0.6) is 0 Å². The van der Waals surface area contributed by atoms with Crippen molar-refractivity contribution in [1.29, 1.82) is 0 Å². The molecule has 0 aliphatic heterocycles. The highest BCUT2D eigenvalue weighted by Gasteiger charge is 2.00. The minimum absolute atomic E-state index is 0.0481. The van der Waals surface area contributed by atoms with Gasteiger partial charge in [0.2, 0.25) is 5.91 Å². The molecular weight excluding hydrogens is 210 g/mol. The third-order valence-electron chi connectivity index (χ3n) is 1.88. The number of thiazole rings is 1. The molecule has 0 aromatic carbocycles. The summed E-state index contributed by atoms with van der Waals surface area (Å²) in [6, 6.07) is 0. The summed E-state index contributed by atoms with van der Waals surface area (Å²) < 4.78 is 0. The van der Waals surface area contributed by atoms with Crippen molar-refractivity contribution in [2.24, 2.45) is 0 Å². The summed E-state index contributed by atoms with van der Waals surface area (Å²) in [5, 5.41) is 8.96. The summed E-state index contributed by atoms with van der Waals surface area (Å²) in [6.45, 7) is 5.77. The second-order valence-corrected chi connectivity index (χ2v) is 4.30. The van der Waals surface area contributed by atoms with E-state index in [0.717, 1.165) is 23.7 Å². The number of amides is 1. The predicted molar refractivity (Wildman–Crippen MR) is 62.1 cm³/mol. The molecule has 2 N–H and O–H groups in total. The molecule has 1 amide bonds. The predicted octanol–water partition coefficient (Wildman–Crippen LogP) is 0.720. The number of hydrogen-bond acceptors (Lipinski definition) is 4. The van der Waals surface area contributed by atoms with E-state index in [2.05, 4.69) is 21.0 Å². The number of rotatable bonds is 6. The molecule has 1 aromatic heterocycles. The lowest BCUT2D eigenvalue weighted by molar-refractivity contribution is -0.120. The van der Waals surface area contributed by atoms with Crippen molar-refractivity contribution in [3.63, 3.8) is 0 Å². The molecule has 0 bridgehead atoms. The van der Waals surface area contributed by atoms with Crippen molar-refractivity contribution in [2.75, 3.05) is 19.6 Å². The number of nitrogens with zero attached hydrogens (tertiary/aromatic N) is 1.